The van der Waals surface area contributed by atoms with Crippen LogP contribution in [0, 0.1) is 0 Å². The summed E-state index contributed by atoms with van der Waals surface area (Å²) in [6.07, 6.45) is 5.25. The summed E-state index contributed by atoms with van der Waals surface area (Å²) in [5, 5.41) is 7.87. The summed E-state index contributed by atoms with van der Waals surface area (Å²) < 4.78 is 1.99. The number of aryl methyl sites for hydroxylation is 1. The summed E-state index contributed by atoms with van der Waals surface area (Å²) in [7, 11) is 0. The van der Waals surface area contributed by atoms with Gasteiger partial charge in [0.2, 0.25) is 0 Å². The van der Waals surface area contributed by atoms with Gasteiger partial charge in [0.25, 0.3) is 0 Å². The third kappa shape index (κ3) is 2.73. The van der Waals surface area contributed by atoms with E-state index in [0.717, 1.165) is 18.8 Å². The SMILES string of the molecule is CCCCNc1ccnn1-c1ccccc1CC. The lowest BCUT2D eigenvalue weighted by Crippen LogP contribution is -2.09. The molecule has 3 heteroatoms. The van der Waals surface area contributed by atoms with Crippen LogP contribution in [-0.4, -0.2) is 16.3 Å². The van der Waals surface area contributed by atoms with Gasteiger partial charge < -0.3 is 5.32 Å². The van der Waals surface area contributed by atoms with Gasteiger partial charge in [-0.25, -0.2) is 4.68 Å². The molecule has 3 nitrogen and oxygen atoms in total. The molecule has 1 N–H and O–H groups in total. The maximum Gasteiger partial charge on any atom is 0.129 e. The number of anilines is 1. The number of nitrogens with zero attached hydrogens (tertiary/aromatic N) is 2. The molecule has 0 saturated heterocycles. The largest absolute Gasteiger partial charge is 0.370 e. The minimum atomic E-state index is 0.997. The van der Waals surface area contributed by atoms with Crippen molar-refractivity contribution < 1.29 is 0 Å². The minimum Gasteiger partial charge on any atom is -0.370 e. The van der Waals surface area contributed by atoms with Crippen LogP contribution in [0.1, 0.15) is 32.3 Å². The van der Waals surface area contributed by atoms with E-state index in [0.29, 0.717) is 0 Å². The molecule has 1 heterocycles. The molecule has 0 aliphatic carbocycles. The third-order valence-electron chi connectivity index (χ3n) is 3.08. The molecule has 0 saturated carbocycles. The zero-order valence-electron chi connectivity index (χ0n) is 11.2. The summed E-state index contributed by atoms with van der Waals surface area (Å²) in [6, 6.07) is 10.5. The van der Waals surface area contributed by atoms with E-state index in [1.807, 2.05) is 16.9 Å². The van der Waals surface area contributed by atoms with E-state index in [-0.39, 0.29) is 0 Å². The standard InChI is InChI=1S/C15H21N3/c1-3-5-11-16-15-10-12-17-18(15)14-9-7-6-8-13(14)4-2/h6-10,12,16H,3-5,11H2,1-2H3. The second kappa shape index (κ2) is 6.24. The minimum absolute atomic E-state index is 0.997. The Kier molecular flexibility index (Phi) is 4.40. The number of hydrogen-bond acceptors (Lipinski definition) is 2. The summed E-state index contributed by atoms with van der Waals surface area (Å²) in [6.45, 7) is 5.37. The van der Waals surface area contributed by atoms with Crippen molar-refractivity contribution in [3.63, 3.8) is 0 Å². The third-order valence-corrected chi connectivity index (χ3v) is 3.08. The zero-order valence-corrected chi connectivity index (χ0v) is 11.2. The van der Waals surface area contributed by atoms with E-state index < -0.39 is 0 Å². The molecule has 1 aromatic heterocycles. The number of rotatable bonds is 6. The molecule has 0 spiro atoms. The Balaban J connectivity index is 2.25. The molecule has 0 radical (unpaired) electrons. The van der Waals surface area contributed by atoms with Crippen LogP contribution < -0.4 is 5.32 Å². The molecule has 0 bridgehead atoms. The molecule has 0 fully saturated rings. The lowest BCUT2D eigenvalue weighted by atomic mass is 10.1. The van der Waals surface area contributed by atoms with E-state index in [4.69, 9.17) is 0 Å². The Morgan fingerprint density at radius 1 is 1.17 bits per heavy atom. The quantitative estimate of drug-likeness (QED) is 0.785. The molecule has 2 aromatic rings. The molecule has 0 aliphatic rings. The first-order valence-electron chi connectivity index (χ1n) is 6.73. The lowest BCUT2D eigenvalue weighted by Gasteiger charge is -2.12. The second-order valence-electron chi connectivity index (χ2n) is 4.39. The van der Waals surface area contributed by atoms with E-state index in [1.54, 1.807) is 0 Å². The predicted octanol–water partition coefficient (Wildman–Crippen LogP) is 3.65. The Labute approximate surface area is 109 Å². The van der Waals surface area contributed by atoms with E-state index >= 15 is 0 Å². The maximum absolute atomic E-state index is 4.43. The van der Waals surface area contributed by atoms with Crippen LogP contribution in [0.5, 0.6) is 0 Å². The first-order valence-corrected chi connectivity index (χ1v) is 6.73. The van der Waals surface area contributed by atoms with Gasteiger partial charge in [0.05, 0.1) is 11.9 Å². The van der Waals surface area contributed by atoms with Gasteiger partial charge in [0.1, 0.15) is 5.82 Å². The number of aromatic nitrogens is 2. The lowest BCUT2D eigenvalue weighted by molar-refractivity contribution is 0.810. The van der Waals surface area contributed by atoms with Gasteiger partial charge in [-0.3, -0.25) is 0 Å². The van der Waals surface area contributed by atoms with Gasteiger partial charge in [0, 0.05) is 12.6 Å². The Morgan fingerprint density at radius 2 is 2.00 bits per heavy atom. The number of para-hydroxylation sites is 1. The number of hydrogen-bond donors (Lipinski definition) is 1. The molecule has 0 atom stereocenters. The van der Waals surface area contributed by atoms with Crippen LogP contribution in [-0.2, 0) is 6.42 Å². The normalized spacial score (nSPS) is 10.6. The average molecular weight is 243 g/mol. The number of unbranched alkanes of at least 4 members (excludes halogenated alkanes) is 1. The molecular formula is C15H21N3. The molecule has 96 valence electrons. The summed E-state index contributed by atoms with van der Waals surface area (Å²) in [5.74, 6) is 1.07. The van der Waals surface area contributed by atoms with Gasteiger partial charge in [-0.15, -0.1) is 0 Å². The summed E-state index contributed by atoms with van der Waals surface area (Å²) in [4.78, 5) is 0. The van der Waals surface area contributed by atoms with Crippen LogP contribution in [0.25, 0.3) is 5.69 Å². The van der Waals surface area contributed by atoms with Gasteiger partial charge in [0.15, 0.2) is 0 Å². The predicted molar refractivity (Wildman–Crippen MR) is 76.3 cm³/mol. The van der Waals surface area contributed by atoms with E-state index in [1.165, 1.54) is 24.1 Å². The van der Waals surface area contributed by atoms with Crippen molar-refractivity contribution in [2.45, 2.75) is 33.1 Å². The maximum atomic E-state index is 4.43. The van der Waals surface area contributed by atoms with Crippen molar-refractivity contribution >= 4 is 5.82 Å². The topological polar surface area (TPSA) is 29.9 Å². The summed E-state index contributed by atoms with van der Waals surface area (Å²) >= 11 is 0. The van der Waals surface area contributed by atoms with E-state index in [2.05, 4.69) is 48.5 Å². The molecule has 0 aliphatic heterocycles. The van der Waals surface area contributed by atoms with Gasteiger partial charge in [-0.1, -0.05) is 38.5 Å². The van der Waals surface area contributed by atoms with Crippen LogP contribution in [0.4, 0.5) is 5.82 Å². The van der Waals surface area contributed by atoms with Gasteiger partial charge in [-0.2, -0.15) is 5.10 Å². The Bertz CT molecular complexity index is 488. The van der Waals surface area contributed by atoms with Crippen LogP contribution >= 0.6 is 0 Å². The molecule has 0 unspecified atom stereocenters. The molecule has 1 aromatic carbocycles. The van der Waals surface area contributed by atoms with Gasteiger partial charge in [-0.05, 0) is 24.5 Å². The number of nitrogens with one attached hydrogen (secondary N) is 1. The van der Waals surface area contributed by atoms with Crippen LogP contribution in [0.2, 0.25) is 0 Å². The van der Waals surface area contributed by atoms with Crippen molar-refractivity contribution in [2.24, 2.45) is 0 Å². The van der Waals surface area contributed by atoms with Crippen molar-refractivity contribution in [2.75, 3.05) is 11.9 Å². The fourth-order valence-corrected chi connectivity index (χ4v) is 2.04. The molecule has 18 heavy (non-hydrogen) atoms. The first kappa shape index (κ1) is 12.7. The highest BCUT2D eigenvalue weighted by molar-refractivity contribution is 5.48. The van der Waals surface area contributed by atoms with Crippen molar-refractivity contribution in [1.82, 2.24) is 9.78 Å². The Hall–Kier alpha value is -1.77. The summed E-state index contributed by atoms with van der Waals surface area (Å²) in [5.41, 5.74) is 2.49. The fraction of sp³-hybridized carbons (Fsp3) is 0.400. The van der Waals surface area contributed by atoms with Gasteiger partial charge >= 0.3 is 0 Å². The van der Waals surface area contributed by atoms with Crippen molar-refractivity contribution in [3.05, 3.63) is 42.1 Å². The van der Waals surface area contributed by atoms with E-state index in [9.17, 15) is 0 Å². The average Bonchev–Trinajstić information content (AvgIpc) is 2.87. The molecule has 2 rings (SSSR count). The van der Waals surface area contributed by atoms with Crippen LogP contribution in [0.3, 0.4) is 0 Å². The number of benzene rings is 1. The van der Waals surface area contributed by atoms with Crippen molar-refractivity contribution in [3.8, 4) is 5.69 Å². The highest BCUT2D eigenvalue weighted by Gasteiger charge is 2.07. The highest BCUT2D eigenvalue weighted by atomic mass is 15.3. The molecule has 0 amide bonds. The zero-order chi connectivity index (χ0) is 12.8. The van der Waals surface area contributed by atoms with Crippen molar-refractivity contribution in [1.29, 1.82) is 0 Å². The second-order valence-corrected chi connectivity index (χ2v) is 4.39. The molecular weight excluding hydrogens is 222 g/mol. The monoisotopic (exact) mass is 243 g/mol. The highest BCUT2D eigenvalue weighted by Crippen LogP contribution is 2.19. The van der Waals surface area contributed by atoms with Crippen LogP contribution in [0.15, 0.2) is 36.5 Å². The Morgan fingerprint density at radius 3 is 2.78 bits per heavy atom. The first-order chi connectivity index (χ1) is 8.86. The smallest absolute Gasteiger partial charge is 0.129 e. The fourth-order valence-electron chi connectivity index (χ4n) is 2.04.